The van der Waals surface area contributed by atoms with Gasteiger partial charge >= 0.3 is 0 Å². The molecule has 4 nitrogen and oxygen atoms in total. The van der Waals surface area contributed by atoms with E-state index in [1.54, 1.807) is 0 Å². The van der Waals surface area contributed by atoms with E-state index in [1.165, 1.54) is 16.8 Å². The van der Waals surface area contributed by atoms with Gasteiger partial charge in [0, 0.05) is 25.0 Å². The molecule has 0 atom stereocenters. The summed E-state index contributed by atoms with van der Waals surface area (Å²) in [6, 6.07) is 6.66. The second kappa shape index (κ2) is 5.59. The topological polar surface area (TPSA) is 41.1 Å². The number of fused-ring (bicyclic) bond motifs is 1. The maximum absolute atomic E-state index is 4.71. The molecule has 0 fully saturated rings. The molecule has 1 N–H and O–H groups in total. The first-order valence-electron chi connectivity index (χ1n) is 7.10. The minimum Gasteiger partial charge on any atom is -0.325 e. The molecule has 1 aromatic carbocycles. The first kappa shape index (κ1) is 13.1. The summed E-state index contributed by atoms with van der Waals surface area (Å²) in [4.78, 5) is 11.3. The molecule has 2 heterocycles. The number of aromatic nitrogens is 2. The van der Waals surface area contributed by atoms with Crippen LogP contribution in [0.5, 0.6) is 0 Å². The van der Waals surface area contributed by atoms with Crippen molar-refractivity contribution in [2.45, 2.75) is 26.3 Å². The summed E-state index contributed by atoms with van der Waals surface area (Å²) >= 11 is 0. The Labute approximate surface area is 119 Å². The van der Waals surface area contributed by atoms with Crippen LogP contribution in [0.2, 0.25) is 0 Å². The second-order valence-corrected chi connectivity index (χ2v) is 5.29. The van der Waals surface area contributed by atoms with E-state index in [0.29, 0.717) is 0 Å². The molecule has 2 aromatic rings. The maximum atomic E-state index is 4.71. The van der Waals surface area contributed by atoms with E-state index < -0.39 is 0 Å². The fourth-order valence-electron chi connectivity index (χ4n) is 2.76. The maximum Gasteiger partial charge on any atom is 0.151 e. The number of nitrogens with one attached hydrogen (secondary N) is 1. The van der Waals surface area contributed by atoms with Crippen molar-refractivity contribution in [1.82, 2.24) is 15.3 Å². The fourth-order valence-corrected chi connectivity index (χ4v) is 2.76. The van der Waals surface area contributed by atoms with Crippen molar-refractivity contribution < 1.29 is 0 Å². The molecule has 0 amide bonds. The van der Waals surface area contributed by atoms with Gasteiger partial charge in [-0.25, -0.2) is 4.98 Å². The summed E-state index contributed by atoms with van der Waals surface area (Å²) in [6.07, 6.45) is 5.99. The zero-order valence-corrected chi connectivity index (χ0v) is 12.1. The first-order chi connectivity index (χ1) is 9.78. The lowest BCUT2D eigenvalue weighted by molar-refractivity contribution is 0.743. The second-order valence-electron chi connectivity index (χ2n) is 5.29. The Morgan fingerprint density at radius 3 is 3.05 bits per heavy atom. The van der Waals surface area contributed by atoms with E-state index in [-0.39, 0.29) is 0 Å². The van der Waals surface area contributed by atoms with Crippen LogP contribution >= 0.6 is 0 Å². The van der Waals surface area contributed by atoms with Crippen molar-refractivity contribution >= 4 is 11.5 Å². The van der Waals surface area contributed by atoms with Crippen LogP contribution in [-0.2, 0) is 13.0 Å². The average molecular weight is 268 g/mol. The van der Waals surface area contributed by atoms with Crippen molar-refractivity contribution in [3.8, 4) is 0 Å². The van der Waals surface area contributed by atoms with Gasteiger partial charge in [-0.15, -0.1) is 0 Å². The molecule has 0 saturated carbocycles. The molecule has 0 saturated heterocycles. The third kappa shape index (κ3) is 2.51. The van der Waals surface area contributed by atoms with E-state index in [9.17, 15) is 0 Å². The van der Waals surface area contributed by atoms with Crippen LogP contribution in [0.25, 0.3) is 0 Å². The smallest absolute Gasteiger partial charge is 0.151 e. The lowest BCUT2D eigenvalue weighted by Crippen LogP contribution is -2.26. The predicted octanol–water partition coefficient (Wildman–Crippen LogP) is 2.59. The van der Waals surface area contributed by atoms with Crippen molar-refractivity contribution in [1.29, 1.82) is 0 Å². The Morgan fingerprint density at radius 1 is 1.30 bits per heavy atom. The molecule has 4 heteroatoms. The van der Waals surface area contributed by atoms with E-state index >= 15 is 0 Å². The first-order valence-corrected chi connectivity index (χ1v) is 7.10. The SMILES string of the molecule is CNCc1cncc(N2CCCc3cc(C)ccc32)n1. The van der Waals surface area contributed by atoms with Gasteiger partial charge in [-0.2, -0.15) is 0 Å². The summed E-state index contributed by atoms with van der Waals surface area (Å²) in [5.74, 6) is 0.947. The van der Waals surface area contributed by atoms with Gasteiger partial charge in [-0.1, -0.05) is 17.7 Å². The predicted molar refractivity (Wildman–Crippen MR) is 81.3 cm³/mol. The highest BCUT2D eigenvalue weighted by Crippen LogP contribution is 2.32. The minimum absolute atomic E-state index is 0.745. The zero-order valence-electron chi connectivity index (χ0n) is 12.1. The van der Waals surface area contributed by atoms with Crippen LogP contribution in [0.1, 0.15) is 23.2 Å². The summed E-state index contributed by atoms with van der Waals surface area (Å²) < 4.78 is 0. The van der Waals surface area contributed by atoms with Gasteiger partial charge in [0.15, 0.2) is 5.82 Å². The molecule has 3 rings (SSSR count). The normalized spacial score (nSPS) is 14.2. The van der Waals surface area contributed by atoms with Crippen LogP contribution in [0.3, 0.4) is 0 Å². The molecule has 0 spiro atoms. The van der Waals surface area contributed by atoms with Crippen molar-refractivity contribution in [3.63, 3.8) is 0 Å². The number of hydrogen-bond acceptors (Lipinski definition) is 4. The molecule has 0 unspecified atom stereocenters. The standard InChI is InChI=1S/C16H20N4/c1-12-5-6-15-13(8-12)4-3-7-20(15)16-11-18-10-14(19-16)9-17-2/h5-6,8,10-11,17H,3-4,7,9H2,1-2H3. The molecular formula is C16H20N4. The van der Waals surface area contributed by atoms with Crippen LogP contribution in [-0.4, -0.2) is 23.6 Å². The third-order valence-electron chi connectivity index (χ3n) is 3.66. The summed E-state index contributed by atoms with van der Waals surface area (Å²) in [5, 5.41) is 3.12. The Kier molecular flexibility index (Phi) is 3.65. The molecule has 104 valence electrons. The third-order valence-corrected chi connectivity index (χ3v) is 3.66. The van der Waals surface area contributed by atoms with E-state index in [0.717, 1.165) is 37.4 Å². The molecule has 0 radical (unpaired) electrons. The quantitative estimate of drug-likeness (QED) is 0.929. The molecule has 0 bridgehead atoms. The summed E-state index contributed by atoms with van der Waals surface area (Å²) in [6.45, 7) is 3.90. The fraction of sp³-hybridized carbons (Fsp3) is 0.375. The van der Waals surface area contributed by atoms with Crippen molar-refractivity contribution in [2.75, 3.05) is 18.5 Å². The van der Waals surface area contributed by atoms with Crippen LogP contribution < -0.4 is 10.2 Å². The molecule has 0 aliphatic carbocycles. The molecule has 1 aliphatic heterocycles. The lowest BCUT2D eigenvalue weighted by atomic mass is 10.00. The average Bonchev–Trinajstić information content (AvgIpc) is 2.47. The Bertz CT molecular complexity index is 609. The molecule has 1 aliphatic rings. The van der Waals surface area contributed by atoms with E-state index in [1.807, 2.05) is 19.4 Å². The van der Waals surface area contributed by atoms with Crippen molar-refractivity contribution in [2.24, 2.45) is 0 Å². The number of nitrogens with zero attached hydrogens (tertiary/aromatic N) is 3. The zero-order chi connectivity index (χ0) is 13.9. The van der Waals surface area contributed by atoms with E-state index in [4.69, 9.17) is 4.98 Å². The highest BCUT2D eigenvalue weighted by atomic mass is 15.2. The highest BCUT2D eigenvalue weighted by Gasteiger charge is 2.19. The van der Waals surface area contributed by atoms with Gasteiger partial charge < -0.3 is 10.2 Å². The van der Waals surface area contributed by atoms with Crippen LogP contribution in [0.4, 0.5) is 11.5 Å². The van der Waals surface area contributed by atoms with Gasteiger partial charge in [0.05, 0.1) is 11.9 Å². The Morgan fingerprint density at radius 2 is 2.20 bits per heavy atom. The molecular weight excluding hydrogens is 248 g/mol. The molecule has 20 heavy (non-hydrogen) atoms. The number of aryl methyl sites for hydroxylation is 2. The van der Waals surface area contributed by atoms with E-state index in [2.05, 4.69) is 40.3 Å². The van der Waals surface area contributed by atoms with Crippen LogP contribution in [0, 0.1) is 6.92 Å². The number of hydrogen-bond donors (Lipinski definition) is 1. The van der Waals surface area contributed by atoms with Crippen LogP contribution in [0.15, 0.2) is 30.6 Å². The van der Waals surface area contributed by atoms with Gasteiger partial charge in [0.25, 0.3) is 0 Å². The van der Waals surface area contributed by atoms with Gasteiger partial charge in [-0.3, -0.25) is 4.98 Å². The van der Waals surface area contributed by atoms with Gasteiger partial charge in [0.1, 0.15) is 0 Å². The minimum atomic E-state index is 0.745. The number of rotatable bonds is 3. The molecule has 1 aromatic heterocycles. The Hall–Kier alpha value is -1.94. The summed E-state index contributed by atoms with van der Waals surface area (Å²) in [7, 11) is 1.92. The van der Waals surface area contributed by atoms with Crippen molar-refractivity contribution in [3.05, 3.63) is 47.4 Å². The monoisotopic (exact) mass is 268 g/mol. The Balaban J connectivity index is 1.98. The van der Waals surface area contributed by atoms with Gasteiger partial charge in [-0.05, 0) is 38.4 Å². The number of benzene rings is 1. The summed E-state index contributed by atoms with van der Waals surface area (Å²) in [5.41, 5.74) is 4.99. The number of anilines is 2. The highest BCUT2D eigenvalue weighted by molar-refractivity contribution is 5.65. The van der Waals surface area contributed by atoms with Gasteiger partial charge in [0.2, 0.25) is 0 Å². The lowest BCUT2D eigenvalue weighted by Gasteiger charge is -2.30. The largest absolute Gasteiger partial charge is 0.325 e.